The average molecular weight is 447 g/mol. The van der Waals surface area contributed by atoms with Gasteiger partial charge in [-0.05, 0) is 35.9 Å². The van der Waals surface area contributed by atoms with Crippen LogP contribution in [0.2, 0.25) is 0 Å². The van der Waals surface area contributed by atoms with Crippen molar-refractivity contribution in [2.45, 2.75) is 51.9 Å². The van der Waals surface area contributed by atoms with Crippen molar-refractivity contribution in [3.05, 3.63) is 39.9 Å². The molecule has 1 aromatic rings. The van der Waals surface area contributed by atoms with Gasteiger partial charge in [0.1, 0.15) is 11.5 Å². The number of benzene rings is 1. The summed E-state index contributed by atoms with van der Waals surface area (Å²) in [4.78, 5) is 22.1. The molecule has 1 amide bonds. The van der Waals surface area contributed by atoms with Crippen LogP contribution < -0.4 is 22.3 Å². The zero-order chi connectivity index (χ0) is 18.5. The number of amides is 1. The van der Waals surface area contributed by atoms with Crippen LogP contribution in [0.4, 0.5) is 5.69 Å². The normalized spacial score (nSPS) is 11.5. The maximum Gasteiger partial charge on any atom is 0.269 e. The van der Waals surface area contributed by atoms with E-state index in [4.69, 9.17) is 0 Å². The van der Waals surface area contributed by atoms with Gasteiger partial charge in [-0.3, -0.25) is 14.9 Å². The quantitative estimate of drug-likeness (QED) is 0.215. The fourth-order valence-electron chi connectivity index (χ4n) is 2.59. The van der Waals surface area contributed by atoms with Gasteiger partial charge in [-0.1, -0.05) is 32.6 Å². The Morgan fingerprint density at radius 2 is 1.62 bits per heavy atom. The van der Waals surface area contributed by atoms with E-state index in [1.807, 2.05) is 0 Å². The zero-order valence-electron chi connectivity index (χ0n) is 15.8. The van der Waals surface area contributed by atoms with E-state index in [1.54, 1.807) is 0 Å². The Hall–Kier alpha value is -1.08. The Balaban J connectivity index is 0.00000625. The van der Waals surface area contributed by atoms with E-state index in [0.717, 1.165) is 12.2 Å². The Morgan fingerprint density at radius 1 is 1.04 bits per heavy atom. The fourth-order valence-corrected chi connectivity index (χ4v) is 4.13. The molecule has 1 atom stereocenters. The molecule has 0 bridgehead atoms. The Labute approximate surface area is 170 Å². The molecule has 1 aromatic carbocycles. The Kier molecular flexibility index (Phi) is 14.4. The Morgan fingerprint density at radius 3 is 2.23 bits per heavy atom. The van der Waals surface area contributed by atoms with Crippen LogP contribution in [0.15, 0.2) is 24.3 Å². The molecule has 148 valence electrons. The van der Waals surface area contributed by atoms with E-state index >= 15 is 0 Å². The fraction of sp³-hybridized carbons (Fsp3) is 0.632. The molecule has 1 rings (SSSR count). The molecule has 0 saturated heterocycles. The summed E-state index contributed by atoms with van der Waals surface area (Å²) >= 11 is 0. The molecule has 26 heavy (non-hydrogen) atoms. The molecule has 1 unspecified atom stereocenters. The van der Waals surface area contributed by atoms with Crippen molar-refractivity contribution in [1.82, 2.24) is 5.32 Å². The number of carbonyl (C=O) groups excluding carboxylic acids is 1. The lowest BCUT2D eigenvalue weighted by Crippen LogP contribution is -3.00. The van der Waals surface area contributed by atoms with Crippen LogP contribution in [0.5, 0.6) is 0 Å². The van der Waals surface area contributed by atoms with Crippen LogP contribution in [0.25, 0.3) is 0 Å². The van der Waals surface area contributed by atoms with Gasteiger partial charge in [-0.2, -0.15) is 0 Å². The first-order valence-corrected chi connectivity index (χ1v) is 11.1. The van der Waals surface area contributed by atoms with Gasteiger partial charge in [0.15, 0.2) is 0 Å². The van der Waals surface area contributed by atoms with E-state index in [0.29, 0.717) is 23.0 Å². The van der Waals surface area contributed by atoms with Gasteiger partial charge in [-0.25, -0.2) is 0 Å². The second-order valence-corrected chi connectivity index (χ2v) is 8.75. The Bertz CT molecular complexity index is 526. The highest BCUT2D eigenvalue weighted by atomic mass is 79.9. The van der Waals surface area contributed by atoms with Crippen molar-refractivity contribution in [2.24, 2.45) is 0 Å². The average Bonchev–Trinajstić information content (AvgIpc) is 2.61. The van der Waals surface area contributed by atoms with Crippen LogP contribution in [0.1, 0.15) is 62.2 Å². The number of hydrogen-bond donors (Lipinski definition) is 1. The van der Waals surface area contributed by atoms with E-state index in [9.17, 15) is 14.9 Å². The van der Waals surface area contributed by atoms with E-state index in [2.05, 4.69) is 18.5 Å². The number of rotatable bonds is 13. The first-order chi connectivity index (χ1) is 12.0. The maximum absolute atomic E-state index is 12.0. The summed E-state index contributed by atoms with van der Waals surface area (Å²) in [6.07, 6.45) is 11.3. The van der Waals surface area contributed by atoms with Crippen LogP contribution in [0.3, 0.4) is 0 Å². The van der Waals surface area contributed by atoms with Crippen LogP contribution in [0, 0.1) is 10.1 Å². The lowest BCUT2D eigenvalue weighted by Gasteiger charge is -2.06. The number of unbranched alkanes of at least 4 members (excludes halogenated alkanes) is 5. The lowest BCUT2D eigenvalue weighted by atomic mass is 10.1. The highest BCUT2D eigenvalue weighted by Gasteiger charge is 2.12. The predicted octanol–water partition coefficient (Wildman–Crippen LogP) is 1.33. The molecule has 0 aliphatic heterocycles. The lowest BCUT2D eigenvalue weighted by molar-refractivity contribution is -0.384. The standard InChI is InChI=1S/C19H30N2O3S.BrH/c1-3-4-5-6-7-8-15-25(2)16-9-14-20-19(22)17-10-12-18(13-11-17)21(23)24;/h10-13H,3-9,14-16H2,1-2H3;1H. The van der Waals surface area contributed by atoms with Gasteiger partial charge in [0.25, 0.3) is 11.6 Å². The zero-order valence-corrected chi connectivity index (χ0v) is 18.2. The number of nitrogens with zero attached hydrogens (tertiary/aromatic N) is 1. The monoisotopic (exact) mass is 446 g/mol. The molecule has 0 spiro atoms. The molecule has 0 saturated carbocycles. The number of carbonyl (C=O) groups is 1. The smallest absolute Gasteiger partial charge is 0.269 e. The second-order valence-electron chi connectivity index (χ2n) is 6.37. The second kappa shape index (κ2) is 15.0. The third-order valence-corrected chi connectivity index (χ3v) is 6.11. The van der Waals surface area contributed by atoms with Crippen molar-refractivity contribution in [3.63, 3.8) is 0 Å². The molecule has 7 heteroatoms. The minimum atomic E-state index is -0.464. The molecule has 0 heterocycles. The van der Waals surface area contributed by atoms with Crippen LogP contribution in [-0.4, -0.2) is 35.1 Å². The predicted molar refractivity (Wildman–Crippen MR) is 106 cm³/mol. The number of nitro groups is 1. The molecule has 1 N–H and O–H groups in total. The van der Waals surface area contributed by atoms with Gasteiger partial charge in [0, 0.05) is 30.7 Å². The summed E-state index contributed by atoms with van der Waals surface area (Å²) < 4.78 is 0. The summed E-state index contributed by atoms with van der Waals surface area (Å²) in [5.41, 5.74) is 0.467. The third-order valence-electron chi connectivity index (χ3n) is 4.14. The van der Waals surface area contributed by atoms with Crippen molar-refractivity contribution in [2.75, 3.05) is 24.3 Å². The summed E-state index contributed by atoms with van der Waals surface area (Å²) in [5.74, 6) is 2.28. The number of halogens is 1. The van der Waals surface area contributed by atoms with Gasteiger partial charge >= 0.3 is 0 Å². The molecular formula is C19H31BrN2O3S. The number of nitro benzene ring substituents is 1. The van der Waals surface area contributed by atoms with Crippen LogP contribution in [-0.2, 0) is 10.9 Å². The summed E-state index contributed by atoms with van der Waals surface area (Å²) in [6.45, 7) is 2.90. The highest BCUT2D eigenvalue weighted by molar-refractivity contribution is 7.96. The number of non-ortho nitro benzene ring substituents is 1. The molecule has 0 radical (unpaired) electrons. The minimum Gasteiger partial charge on any atom is -1.00 e. The van der Waals surface area contributed by atoms with E-state index in [-0.39, 0.29) is 28.6 Å². The van der Waals surface area contributed by atoms with Gasteiger partial charge in [-0.15, -0.1) is 0 Å². The molecule has 5 nitrogen and oxygen atoms in total. The summed E-state index contributed by atoms with van der Waals surface area (Å²) in [6, 6.07) is 5.71. The molecule has 0 fully saturated rings. The van der Waals surface area contributed by atoms with Crippen LogP contribution >= 0.6 is 0 Å². The number of hydrogen-bond acceptors (Lipinski definition) is 3. The van der Waals surface area contributed by atoms with Gasteiger partial charge in [0.05, 0.1) is 11.2 Å². The molecule has 0 aliphatic carbocycles. The van der Waals surface area contributed by atoms with E-state index in [1.165, 1.54) is 68.5 Å². The highest BCUT2D eigenvalue weighted by Crippen LogP contribution is 2.12. The molecule has 0 aromatic heterocycles. The first kappa shape index (κ1) is 24.9. The third kappa shape index (κ3) is 10.8. The van der Waals surface area contributed by atoms with Crippen molar-refractivity contribution in [1.29, 1.82) is 0 Å². The van der Waals surface area contributed by atoms with Gasteiger partial charge < -0.3 is 22.3 Å². The van der Waals surface area contributed by atoms with Crippen molar-refractivity contribution in [3.8, 4) is 0 Å². The maximum atomic E-state index is 12.0. The minimum absolute atomic E-state index is 0. The van der Waals surface area contributed by atoms with Crippen molar-refractivity contribution >= 4 is 22.5 Å². The summed E-state index contributed by atoms with van der Waals surface area (Å²) in [5, 5.41) is 13.5. The first-order valence-electron chi connectivity index (χ1n) is 9.16. The topological polar surface area (TPSA) is 72.2 Å². The molecule has 0 aliphatic rings. The van der Waals surface area contributed by atoms with Gasteiger partial charge in [0.2, 0.25) is 0 Å². The van der Waals surface area contributed by atoms with Crippen molar-refractivity contribution < 1.29 is 26.7 Å². The largest absolute Gasteiger partial charge is 1.00 e. The summed E-state index contributed by atoms with van der Waals surface area (Å²) in [7, 11) is 0.429. The SMILES string of the molecule is CCCCCCCC[S+](C)CCCNC(=O)c1ccc([N+](=O)[O-])cc1.[Br-]. The van der Waals surface area contributed by atoms with E-state index < -0.39 is 4.92 Å². The number of nitrogens with one attached hydrogen (secondary N) is 1. The molecular weight excluding hydrogens is 416 g/mol.